The molecule has 0 saturated heterocycles. The van der Waals surface area contributed by atoms with Gasteiger partial charge in [0.15, 0.2) is 5.82 Å². The standard InChI is InChI=1S/C19H24ClFN6O3S/c1-5-8-31(29,30)26-15-7-6-14(20)16(17(15)21)19(28)24-12-9-13(11(2)27(3)4)18(25-22)23-10-12/h6-7,9-10,26H,2,5,8,22H2,1,3-4H3,(H,23,25)(H,24,28). The number of hydrazine groups is 1. The molecule has 2 aromatic rings. The van der Waals surface area contributed by atoms with Crippen LogP contribution in [0.1, 0.15) is 29.3 Å². The lowest BCUT2D eigenvalue weighted by Crippen LogP contribution is -2.20. The second kappa shape index (κ2) is 9.94. The number of benzene rings is 1. The number of carbonyl (C=O) groups excluding carboxylic acids is 1. The molecule has 1 aromatic heterocycles. The van der Waals surface area contributed by atoms with E-state index in [1.54, 1.807) is 32.0 Å². The number of rotatable bonds is 9. The van der Waals surface area contributed by atoms with Gasteiger partial charge in [-0.3, -0.25) is 9.52 Å². The molecule has 0 saturated carbocycles. The van der Waals surface area contributed by atoms with Crippen molar-refractivity contribution in [3.63, 3.8) is 0 Å². The fourth-order valence-corrected chi connectivity index (χ4v) is 3.99. The van der Waals surface area contributed by atoms with Gasteiger partial charge in [-0.1, -0.05) is 25.1 Å². The van der Waals surface area contributed by atoms with Gasteiger partial charge >= 0.3 is 0 Å². The Balaban J connectivity index is 2.39. The van der Waals surface area contributed by atoms with Crippen molar-refractivity contribution < 1.29 is 17.6 Å². The van der Waals surface area contributed by atoms with Crippen LogP contribution in [0.3, 0.4) is 0 Å². The van der Waals surface area contributed by atoms with E-state index in [-0.39, 0.29) is 22.2 Å². The van der Waals surface area contributed by atoms with E-state index in [2.05, 4.69) is 27.0 Å². The third kappa shape index (κ3) is 5.84. The number of nitrogens with zero attached hydrogens (tertiary/aromatic N) is 2. The average molecular weight is 471 g/mol. The molecule has 2 rings (SSSR count). The molecule has 5 N–H and O–H groups in total. The SMILES string of the molecule is C=C(c1cc(NC(=O)c2c(Cl)ccc(NS(=O)(=O)CCC)c2F)cnc1NN)N(C)C. The summed E-state index contributed by atoms with van der Waals surface area (Å²) >= 11 is 6.02. The largest absolute Gasteiger partial charge is 0.378 e. The van der Waals surface area contributed by atoms with Crippen LogP contribution in [0.4, 0.5) is 21.6 Å². The first-order valence-corrected chi connectivity index (χ1v) is 11.2. The Morgan fingerprint density at radius 1 is 1.35 bits per heavy atom. The van der Waals surface area contributed by atoms with Crippen LogP contribution < -0.4 is 21.3 Å². The number of pyridine rings is 1. The Morgan fingerprint density at radius 3 is 2.61 bits per heavy atom. The Morgan fingerprint density at radius 2 is 2.03 bits per heavy atom. The van der Waals surface area contributed by atoms with E-state index in [1.807, 2.05) is 0 Å². The molecule has 0 fully saturated rings. The highest BCUT2D eigenvalue weighted by Gasteiger charge is 2.22. The van der Waals surface area contributed by atoms with E-state index < -0.39 is 27.3 Å². The molecule has 0 aliphatic carbocycles. The zero-order valence-corrected chi connectivity index (χ0v) is 18.9. The van der Waals surface area contributed by atoms with Crippen molar-refractivity contribution >= 4 is 50.4 Å². The topological polar surface area (TPSA) is 129 Å². The van der Waals surface area contributed by atoms with Gasteiger partial charge in [-0.2, -0.15) is 0 Å². The van der Waals surface area contributed by atoms with E-state index >= 15 is 0 Å². The number of anilines is 3. The Labute approximate surface area is 185 Å². The van der Waals surface area contributed by atoms with Crippen LogP contribution in [0.5, 0.6) is 0 Å². The highest BCUT2D eigenvalue weighted by Crippen LogP contribution is 2.29. The minimum absolute atomic E-state index is 0.181. The summed E-state index contributed by atoms with van der Waals surface area (Å²) in [5, 5.41) is 2.33. The number of carbonyl (C=O) groups is 1. The van der Waals surface area contributed by atoms with Crippen molar-refractivity contribution in [1.82, 2.24) is 9.88 Å². The van der Waals surface area contributed by atoms with Crippen LogP contribution >= 0.6 is 11.6 Å². The van der Waals surface area contributed by atoms with Gasteiger partial charge < -0.3 is 15.6 Å². The summed E-state index contributed by atoms with van der Waals surface area (Å²) in [4.78, 5) is 18.6. The van der Waals surface area contributed by atoms with Crippen LogP contribution in [-0.2, 0) is 10.0 Å². The summed E-state index contributed by atoms with van der Waals surface area (Å²) < 4.78 is 41.0. The Bertz CT molecular complexity index is 1110. The van der Waals surface area contributed by atoms with E-state index in [0.29, 0.717) is 23.5 Å². The van der Waals surface area contributed by atoms with Crippen LogP contribution in [-0.4, -0.2) is 44.1 Å². The van der Waals surface area contributed by atoms with Crippen molar-refractivity contribution in [2.24, 2.45) is 5.84 Å². The molecule has 0 radical (unpaired) electrons. The predicted molar refractivity (Wildman–Crippen MR) is 122 cm³/mol. The highest BCUT2D eigenvalue weighted by molar-refractivity contribution is 7.92. The lowest BCUT2D eigenvalue weighted by atomic mass is 10.1. The number of amides is 1. The van der Waals surface area contributed by atoms with Crippen molar-refractivity contribution in [3.8, 4) is 0 Å². The molecule has 0 unspecified atom stereocenters. The number of nitrogens with one attached hydrogen (secondary N) is 3. The lowest BCUT2D eigenvalue weighted by molar-refractivity contribution is 0.102. The maximum absolute atomic E-state index is 15.0. The minimum atomic E-state index is -3.76. The molecule has 1 aromatic carbocycles. The molecule has 1 amide bonds. The molecule has 168 valence electrons. The van der Waals surface area contributed by atoms with Gasteiger partial charge in [0.05, 0.1) is 33.9 Å². The Hall–Kier alpha value is -2.89. The number of hydrogen-bond acceptors (Lipinski definition) is 7. The van der Waals surface area contributed by atoms with E-state index in [9.17, 15) is 17.6 Å². The molecule has 0 spiro atoms. The first-order valence-electron chi connectivity index (χ1n) is 9.13. The summed E-state index contributed by atoms with van der Waals surface area (Å²) in [7, 11) is -0.216. The number of nitrogen functional groups attached to an aromatic ring is 1. The van der Waals surface area contributed by atoms with E-state index in [1.165, 1.54) is 12.3 Å². The van der Waals surface area contributed by atoms with Gasteiger partial charge in [0.1, 0.15) is 5.82 Å². The summed E-state index contributed by atoms with van der Waals surface area (Å²) in [6.45, 7) is 5.61. The molecule has 0 atom stereocenters. The smallest absolute Gasteiger partial charge is 0.260 e. The van der Waals surface area contributed by atoms with Crippen LogP contribution in [0.25, 0.3) is 5.70 Å². The van der Waals surface area contributed by atoms with Gasteiger partial charge in [0.25, 0.3) is 5.91 Å². The number of sulfonamides is 1. The summed E-state index contributed by atoms with van der Waals surface area (Å²) in [6, 6.07) is 3.95. The Kier molecular flexibility index (Phi) is 7.82. The first-order chi connectivity index (χ1) is 14.5. The molecule has 12 heteroatoms. The van der Waals surface area contributed by atoms with Crippen molar-refractivity contribution in [3.05, 3.63) is 52.9 Å². The number of nitrogens with two attached hydrogens (primary N) is 1. The minimum Gasteiger partial charge on any atom is -0.378 e. The fourth-order valence-electron chi connectivity index (χ4n) is 2.63. The zero-order chi connectivity index (χ0) is 23.3. The highest BCUT2D eigenvalue weighted by atomic mass is 35.5. The number of aromatic nitrogens is 1. The van der Waals surface area contributed by atoms with E-state index in [4.69, 9.17) is 17.4 Å². The van der Waals surface area contributed by atoms with Crippen LogP contribution in [0.2, 0.25) is 5.02 Å². The molecule has 0 aliphatic rings. The monoisotopic (exact) mass is 470 g/mol. The quantitative estimate of drug-likeness (QED) is 0.327. The summed E-state index contributed by atoms with van der Waals surface area (Å²) in [5.41, 5.74) is 2.87. The third-order valence-electron chi connectivity index (χ3n) is 4.19. The molecule has 0 aliphatic heterocycles. The second-order valence-corrected chi connectivity index (χ2v) is 9.01. The second-order valence-electron chi connectivity index (χ2n) is 6.76. The van der Waals surface area contributed by atoms with Gasteiger partial charge in [-0.25, -0.2) is 23.6 Å². The summed E-state index contributed by atoms with van der Waals surface area (Å²) in [5.74, 6) is 3.65. The lowest BCUT2D eigenvalue weighted by Gasteiger charge is -2.19. The van der Waals surface area contributed by atoms with Gasteiger partial charge in [-0.05, 0) is 24.6 Å². The van der Waals surface area contributed by atoms with Gasteiger partial charge in [-0.15, -0.1) is 0 Å². The maximum atomic E-state index is 15.0. The van der Waals surface area contributed by atoms with E-state index in [0.717, 1.165) is 6.07 Å². The van der Waals surface area contributed by atoms with Crippen LogP contribution in [0, 0.1) is 5.82 Å². The first kappa shape index (κ1) is 24.4. The average Bonchev–Trinajstić information content (AvgIpc) is 2.69. The predicted octanol–water partition coefficient (Wildman–Crippen LogP) is 3.10. The van der Waals surface area contributed by atoms with Crippen molar-refractivity contribution in [2.75, 3.05) is 35.3 Å². The zero-order valence-electron chi connectivity index (χ0n) is 17.3. The molecule has 1 heterocycles. The van der Waals surface area contributed by atoms with Crippen LogP contribution in [0.15, 0.2) is 31.0 Å². The molecule has 0 bridgehead atoms. The molecule has 9 nitrogen and oxygen atoms in total. The van der Waals surface area contributed by atoms with Crippen molar-refractivity contribution in [1.29, 1.82) is 0 Å². The van der Waals surface area contributed by atoms with Gasteiger partial charge in [0.2, 0.25) is 10.0 Å². The molecular weight excluding hydrogens is 447 g/mol. The maximum Gasteiger partial charge on any atom is 0.260 e. The van der Waals surface area contributed by atoms with Gasteiger partial charge in [0, 0.05) is 25.4 Å². The summed E-state index contributed by atoms with van der Waals surface area (Å²) in [6.07, 6.45) is 1.66. The third-order valence-corrected chi connectivity index (χ3v) is 5.98. The molecule has 31 heavy (non-hydrogen) atoms. The number of hydrogen-bond donors (Lipinski definition) is 4. The molecular formula is C19H24ClFN6O3S. The van der Waals surface area contributed by atoms with Crippen molar-refractivity contribution in [2.45, 2.75) is 13.3 Å². The number of halogens is 2. The fraction of sp³-hybridized carbons (Fsp3) is 0.263. The normalized spacial score (nSPS) is 11.0.